The van der Waals surface area contributed by atoms with Crippen molar-refractivity contribution in [2.75, 3.05) is 19.7 Å². The van der Waals surface area contributed by atoms with Gasteiger partial charge in [0.05, 0.1) is 18.0 Å². The molecule has 0 aromatic heterocycles. The fourth-order valence-electron chi connectivity index (χ4n) is 2.98. The largest absolute Gasteiger partial charge is 0.466 e. The molecule has 2 rings (SSSR count). The topological polar surface area (TPSA) is 131 Å². The maximum Gasteiger partial charge on any atom is 0.308 e. The number of carbonyl (C=O) groups is 3. The molecule has 0 bridgehead atoms. The number of esters is 1. The number of benzene rings is 1. The molecule has 1 aliphatic heterocycles. The zero-order valence-electron chi connectivity index (χ0n) is 16.6. The van der Waals surface area contributed by atoms with Crippen molar-refractivity contribution < 1.29 is 24.0 Å². The van der Waals surface area contributed by atoms with Crippen LogP contribution in [0.5, 0.6) is 0 Å². The molecule has 10 nitrogen and oxygen atoms in total. The zero-order valence-corrected chi connectivity index (χ0v) is 17.4. The van der Waals surface area contributed by atoms with E-state index in [0.717, 1.165) is 19.3 Å². The highest BCUT2D eigenvalue weighted by atomic mass is 32.1. The molecular weight excluding hydrogens is 412 g/mol. The molecule has 1 heterocycles. The second-order valence-electron chi connectivity index (χ2n) is 6.67. The van der Waals surface area contributed by atoms with E-state index in [-0.39, 0.29) is 42.5 Å². The van der Waals surface area contributed by atoms with Crippen molar-refractivity contribution in [2.45, 2.75) is 38.6 Å². The average Bonchev–Trinajstić information content (AvgIpc) is 2.72. The number of hydrogen-bond donors (Lipinski definition) is 2. The summed E-state index contributed by atoms with van der Waals surface area (Å²) in [5, 5.41) is 16.1. The number of carbonyl (C=O) groups excluding carboxylic acids is 3. The van der Waals surface area contributed by atoms with Gasteiger partial charge < -0.3 is 15.0 Å². The van der Waals surface area contributed by atoms with Gasteiger partial charge >= 0.3 is 5.97 Å². The number of unbranched alkanes of at least 4 members (excludes halogenated alkanes) is 2. The van der Waals surface area contributed by atoms with Gasteiger partial charge in [0.15, 0.2) is 5.11 Å². The third-order valence-electron chi connectivity index (χ3n) is 4.53. The first-order valence-corrected chi connectivity index (χ1v) is 10.0. The number of nitro benzene ring substituents is 1. The van der Waals surface area contributed by atoms with E-state index in [4.69, 9.17) is 17.0 Å². The molecule has 1 fully saturated rings. The van der Waals surface area contributed by atoms with E-state index >= 15 is 0 Å². The number of nitro groups is 1. The summed E-state index contributed by atoms with van der Waals surface area (Å²) in [7, 11) is 0. The summed E-state index contributed by atoms with van der Waals surface area (Å²) in [6.07, 6.45) is 2.45. The number of nitrogens with one attached hydrogen (secondary N) is 2. The van der Waals surface area contributed by atoms with E-state index in [1.54, 1.807) is 0 Å². The zero-order chi connectivity index (χ0) is 22.1. The van der Waals surface area contributed by atoms with Crippen LogP contribution >= 0.6 is 12.2 Å². The number of rotatable bonds is 8. The van der Waals surface area contributed by atoms with Crippen LogP contribution in [-0.4, -0.2) is 58.5 Å². The van der Waals surface area contributed by atoms with E-state index in [9.17, 15) is 24.5 Å². The normalized spacial score (nSPS) is 15.8. The summed E-state index contributed by atoms with van der Waals surface area (Å²) < 4.78 is 5.16. The van der Waals surface area contributed by atoms with Crippen molar-refractivity contribution >= 4 is 40.8 Å². The first-order chi connectivity index (χ1) is 14.3. The van der Waals surface area contributed by atoms with Crippen LogP contribution in [0.3, 0.4) is 0 Å². The molecule has 1 atom stereocenters. The monoisotopic (exact) mass is 436 g/mol. The SMILES string of the molecule is CCCCCOC(=O)CC1C(=O)NCCN1C(=S)NC(=O)c1ccccc1[N+](=O)[O-]. The van der Waals surface area contributed by atoms with Crippen molar-refractivity contribution in [1.29, 1.82) is 0 Å². The molecule has 1 aromatic carbocycles. The van der Waals surface area contributed by atoms with Crippen LogP contribution in [-0.2, 0) is 14.3 Å². The molecule has 0 spiro atoms. The van der Waals surface area contributed by atoms with Crippen molar-refractivity contribution in [3.63, 3.8) is 0 Å². The Morgan fingerprint density at radius 3 is 2.80 bits per heavy atom. The summed E-state index contributed by atoms with van der Waals surface area (Å²) in [6.45, 7) is 2.86. The van der Waals surface area contributed by atoms with Gasteiger partial charge in [-0.3, -0.25) is 29.8 Å². The second kappa shape index (κ2) is 11.2. The molecule has 0 aliphatic carbocycles. The number of para-hydroxylation sites is 1. The van der Waals surface area contributed by atoms with Crippen LogP contribution in [0.4, 0.5) is 5.69 Å². The van der Waals surface area contributed by atoms with Gasteiger partial charge in [0.2, 0.25) is 5.91 Å². The predicted molar refractivity (Wildman–Crippen MR) is 112 cm³/mol. The van der Waals surface area contributed by atoms with Crippen LogP contribution in [0, 0.1) is 10.1 Å². The Hall–Kier alpha value is -3.08. The number of piperazine rings is 1. The fraction of sp³-hybridized carbons (Fsp3) is 0.474. The van der Waals surface area contributed by atoms with Crippen LogP contribution in [0.1, 0.15) is 43.0 Å². The van der Waals surface area contributed by atoms with Crippen LogP contribution in [0.2, 0.25) is 0 Å². The van der Waals surface area contributed by atoms with Gasteiger partial charge in [-0.1, -0.05) is 31.9 Å². The molecule has 0 radical (unpaired) electrons. The molecule has 11 heteroatoms. The van der Waals surface area contributed by atoms with Crippen molar-refractivity contribution in [1.82, 2.24) is 15.5 Å². The number of hydrogen-bond acceptors (Lipinski definition) is 7. The minimum Gasteiger partial charge on any atom is -0.466 e. The summed E-state index contributed by atoms with van der Waals surface area (Å²) >= 11 is 5.26. The Morgan fingerprint density at radius 1 is 1.37 bits per heavy atom. The first-order valence-electron chi connectivity index (χ1n) is 9.63. The summed E-state index contributed by atoms with van der Waals surface area (Å²) in [5.74, 6) is -1.71. The van der Waals surface area contributed by atoms with E-state index in [0.29, 0.717) is 0 Å². The lowest BCUT2D eigenvalue weighted by atomic mass is 10.1. The van der Waals surface area contributed by atoms with Crippen LogP contribution in [0.25, 0.3) is 0 Å². The summed E-state index contributed by atoms with van der Waals surface area (Å²) in [6, 6.07) is 4.53. The van der Waals surface area contributed by atoms with Gasteiger partial charge in [-0.05, 0) is 24.7 Å². The van der Waals surface area contributed by atoms with Crippen LogP contribution < -0.4 is 10.6 Å². The van der Waals surface area contributed by atoms with Gasteiger partial charge in [0.25, 0.3) is 11.6 Å². The Kier molecular flexibility index (Phi) is 8.66. The maximum atomic E-state index is 12.5. The standard InChI is InChI=1S/C19H24N4O6S/c1-2-3-6-11-29-16(24)12-15-18(26)20-9-10-22(15)19(30)21-17(25)13-7-4-5-8-14(13)23(27)28/h4-5,7-8,15H,2-3,6,9-12H2,1H3,(H,20,26)(H,21,25,30). The fourth-order valence-corrected chi connectivity index (χ4v) is 3.29. The Morgan fingerprint density at radius 2 is 2.10 bits per heavy atom. The highest BCUT2D eigenvalue weighted by Gasteiger charge is 2.34. The molecular formula is C19H24N4O6S. The molecule has 2 N–H and O–H groups in total. The molecule has 1 aromatic rings. The molecule has 2 amide bonds. The van der Waals surface area contributed by atoms with Gasteiger partial charge in [0.1, 0.15) is 11.6 Å². The third kappa shape index (κ3) is 6.21. The predicted octanol–water partition coefficient (Wildman–Crippen LogP) is 1.53. The molecule has 0 saturated carbocycles. The molecule has 1 saturated heterocycles. The van der Waals surface area contributed by atoms with Gasteiger partial charge in [0, 0.05) is 19.2 Å². The lowest BCUT2D eigenvalue weighted by Gasteiger charge is -2.36. The van der Waals surface area contributed by atoms with Gasteiger partial charge in [-0.2, -0.15) is 0 Å². The van der Waals surface area contributed by atoms with E-state index < -0.39 is 28.7 Å². The lowest BCUT2D eigenvalue weighted by Crippen LogP contribution is -2.60. The number of ether oxygens (including phenoxy) is 1. The summed E-state index contributed by atoms with van der Waals surface area (Å²) in [5.41, 5.74) is -0.514. The van der Waals surface area contributed by atoms with Crippen molar-refractivity contribution in [3.8, 4) is 0 Å². The summed E-state index contributed by atoms with van der Waals surface area (Å²) in [4.78, 5) is 48.8. The van der Waals surface area contributed by atoms with Crippen LogP contribution in [0.15, 0.2) is 24.3 Å². The number of amides is 2. The van der Waals surface area contributed by atoms with Crippen molar-refractivity contribution in [3.05, 3.63) is 39.9 Å². The smallest absolute Gasteiger partial charge is 0.308 e. The Balaban J connectivity index is 2.05. The van der Waals surface area contributed by atoms with Gasteiger partial charge in [-0.25, -0.2) is 0 Å². The van der Waals surface area contributed by atoms with E-state index in [1.807, 2.05) is 6.92 Å². The quantitative estimate of drug-likeness (QED) is 0.206. The van der Waals surface area contributed by atoms with Gasteiger partial charge in [-0.15, -0.1) is 0 Å². The highest BCUT2D eigenvalue weighted by Crippen LogP contribution is 2.18. The minimum atomic E-state index is -0.934. The third-order valence-corrected chi connectivity index (χ3v) is 4.87. The molecule has 1 aliphatic rings. The molecule has 1 unspecified atom stereocenters. The number of thiocarbonyl (C=S) groups is 1. The molecule has 162 valence electrons. The molecule has 30 heavy (non-hydrogen) atoms. The second-order valence-corrected chi connectivity index (χ2v) is 7.05. The number of nitrogens with zero attached hydrogens (tertiary/aromatic N) is 2. The highest BCUT2D eigenvalue weighted by molar-refractivity contribution is 7.80. The lowest BCUT2D eigenvalue weighted by molar-refractivity contribution is -0.385. The Labute approximate surface area is 179 Å². The average molecular weight is 436 g/mol. The Bertz CT molecular complexity index is 831. The van der Waals surface area contributed by atoms with E-state index in [1.165, 1.54) is 29.2 Å². The van der Waals surface area contributed by atoms with E-state index in [2.05, 4.69) is 10.6 Å². The first kappa shape index (κ1) is 23.2. The minimum absolute atomic E-state index is 0.0863. The maximum absolute atomic E-state index is 12.5. The van der Waals surface area contributed by atoms with Crippen molar-refractivity contribution in [2.24, 2.45) is 0 Å².